The van der Waals surface area contributed by atoms with Crippen molar-refractivity contribution >= 4 is 23.5 Å². The SMILES string of the molecule is COC(=O)c1ccc(NC(=O)CCN(C(C)=O)C(C)C)cc1. The minimum atomic E-state index is -0.424. The second kappa shape index (κ2) is 8.17. The molecule has 0 bridgehead atoms. The Labute approximate surface area is 130 Å². The summed E-state index contributed by atoms with van der Waals surface area (Å²) in [5.41, 5.74) is 1.01. The fourth-order valence-electron chi connectivity index (χ4n) is 2.03. The average Bonchev–Trinajstić information content (AvgIpc) is 2.46. The van der Waals surface area contributed by atoms with Crippen molar-refractivity contribution < 1.29 is 19.1 Å². The van der Waals surface area contributed by atoms with Crippen LogP contribution < -0.4 is 5.32 Å². The van der Waals surface area contributed by atoms with Gasteiger partial charge < -0.3 is 15.0 Å². The van der Waals surface area contributed by atoms with Crippen LogP contribution >= 0.6 is 0 Å². The highest BCUT2D eigenvalue weighted by atomic mass is 16.5. The van der Waals surface area contributed by atoms with Crippen LogP contribution in [-0.2, 0) is 14.3 Å². The van der Waals surface area contributed by atoms with E-state index in [1.165, 1.54) is 14.0 Å². The van der Waals surface area contributed by atoms with Crippen molar-refractivity contribution in [3.63, 3.8) is 0 Å². The zero-order valence-corrected chi connectivity index (χ0v) is 13.4. The Morgan fingerprint density at radius 1 is 1.18 bits per heavy atom. The van der Waals surface area contributed by atoms with Crippen molar-refractivity contribution in [2.45, 2.75) is 33.2 Å². The second-order valence-electron chi connectivity index (χ2n) is 5.17. The number of carbonyl (C=O) groups is 3. The molecule has 6 nitrogen and oxygen atoms in total. The number of hydrogen-bond acceptors (Lipinski definition) is 4. The van der Waals surface area contributed by atoms with Crippen LogP contribution in [0.5, 0.6) is 0 Å². The Hall–Kier alpha value is -2.37. The third kappa shape index (κ3) is 5.20. The minimum Gasteiger partial charge on any atom is -0.465 e. The normalized spacial score (nSPS) is 10.2. The molecule has 1 aromatic carbocycles. The first kappa shape index (κ1) is 17.7. The molecular formula is C16H22N2O4. The van der Waals surface area contributed by atoms with E-state index in [2.05, 4.69) is 10.1 Å². The van der Waals surface area contributed by atoms with Gasteiger partial charge in [-0.1, -0.05) is 0 Å². The van der Waals surface area contributed by atoms with Gasteiger partial charge in [0.25, 0.3) is 0 Å². The number of carbonyl (C=O) groups excluding carboxylic acids is 3. The maximum absolute atomic E-state index is 11.9. The Morgan fingerprint density at radius 2 is 1.77 bits per heavy atom. The van der Waals surface area contributed by atoms with E-state index in [-0.39, 0.29) is 24.3 Å². The van der Waals surface area contributed by atoms with E-state index in [0.29, 0.717) is 17.8 Å². The van der Waals surface area contributed by atoms with E-state index in [9.17, 15) is 14.4 Å². The van der Waals surface area contributed by atoms with E-state index in [1.807, 2.05) is 13.8 Å². The second-order valence-corrected chi connectivity index (χ2v) is 5.17. The van der Waals surface area contributed by atoms with Gasteiger partial charge in [-0.3, -0.25) is 9.59 Å². The Balaban J connectivity index is 2.55. The van der Waals surface area contributed by atoms with E-state index >= 15 is 0 Å². The Bertz CT molecular complexity index is 538. The molecule has 1 aromatic rings. The van der Waals surface area contributed by atoms with Gasteiger partial charge in [0.15, 0.2) is 0 Å². The summed E-state index contributed by atoms with van der Waals surface area (Å²) in [5, 5.41) is 2.73. The quantitative estimate of drug-likeness (QED) is 0.816. The topological polar surface area (TPSA) is 75.7 Å². The summed E-state index contributed by atoms with van der Waals surface area (Å²) in [4.78, 5) is 36.3. The minimum absolute atomic E-state index is 0.0507. The third-order valence-corrected chi connectivity index (χ3v) is 3.20. The molecule has 0 atom stereocenters. The predicted octanol–water partition coefficient (Wildman–Crippen LogP) is 2.06. The number of methoxy groups -OCH3 is 1. The smallest absolute Gasteiger partial charge is 0.337 e. The molecule has 2 amide bonds. The summed E-state index contributed by atoms with van der Waals surface area (Å²) in [6.07, 6.45) is 0.219. The molecule has 1 N–H and O–H groups in total. The lowest BCUT2D eigenvalue weighted by molar-refractivity contribution is -0.130. The predicted molar refractivity (Wildman–Crippen MR) is 83.6 cm³/mol. The summed E-state index contributed by atoms with van der Waals surface area (Å²) < 4.78 is 4.60. The molecule has 0 fully saturated rings. The van der Waals surface area contributed by atoms with Gasteiger partial charge in [0, 0.05) is 31.6 Å². The molecule has 0 spiro atoms. The molecule has 22 heavy (non-hydrogen) atoms. The lowest BCUT2D eigenvalue weighted by Crippen LogP contribution is -2.37. The number of rotatable bonds is 6. The fourth-order valence-corrected chi connectivity index (χ4v) is 2.03. The Kier molecular flexibility index (Phi) is 6.56. The zero-order chi connectivity index (χ0) is 16.7. The molecule has 120 valence electrons. The summed E-state index contributed by atoms with van der Waals surface area (Å²) in [5.74, 6) is -0.658. The van der Waals surface area contributed by atoms with E-state index in [0.717, 1.165) is 0 Å². The molecule has 1 rings (SSSR count). The van der Waals surface area contributed by atoms with Gasteiger partial charge in [-0.25, -0.2) is 4.79 Å². The first-order chi connectivity index (χ1) is 10.3. The zero-order valence-electron chi connectivity index (χ0n) is 13.4. The highest BCUT2D eigenvalue weighted by molar-refractivity contribution is 5.93. The van der Waals surface area contributed by atoms with Gasteiger partial charge in [0.2, 0.25) is 11.8 Å². The molecule has 0 heterocycles. The summed E-state index contributed by atoms with van der Waals surface area (Å²) >= 11 is 0. The lowest BCUT2D eigenvalue weighted by Gasteiger charge is -2.24. The molecule has 0 aliphatic heterocycles. The average molecular weight is 306 g/mol. The van der Waals surface area contributed by atoms with Crippen molar-refractivity contribution in [1.82, 2.24) is 4.90 Å². The molecule has 6 heteroatoms. The number of amides is 2. The summed E-state index contributed by atoms with van der Waals surface area (Å²) in [7, 11) is 1.31. The van der Waals surface area contributed by atoms with Crippen LogP contribution in [-0.4, -0.2) is 42.4 Å². The third-order valence-electron chi connectivity index (χ3n) is 3.20. The number of ether oxygens (including phenoxy) is 1. The Morgan fingerprint density at radius 3 is 2.23 bits per heavy atom. The standard InChI is InChI=1S/C16H22N2O4/c1-11(2)18(12(3)19)10-9-15(20)17-14-7-5-13(6-8-14)16(21)22-4/h5-8,11H,9-10H2,1-4H3,(H,17,20). The molecule has 0 aromatic heterocycles. The molecule has 0 radical (unpaired) electrons. The van der Waals surface area contributed by atoms with Crippen molar-refractivity contribution in [3.8, 4) is 0 Å². The number of esters is 1. The first-order valence-corrected chi connectivity index (χ1v) is 7.10. The van der Waals surface area contributed by atoms with Gasteiger partial charge in [-0.2, -0.15) is 0 Å². The van der Waals surface area contributed by atoms with E-state index in [4.69, 9.17) is 0 Å². The van der Waals surface area contributed by atoms with Crippen molar-refractivity contribution in [2.75, 3.05) is 19.0 Å². The molecular weight excluding hydrogens is 284 g/mol. The van der Waals surface area contributed by atoms with Crippen LogP contribution in [0.1, 0.15) is 37.6 Å². The summed E-state index contributed by atoms with van der Waals surface area (Å²) in [6, 6.07) is 6.49. The van der Waals surface area contributed by atoms with E-state index < -0.39 is 5.97 Å². The van der Waals surface area contributed by atoms with Crippen molar-refractivity contribution in [2.24, 2.45) is 0 Å². The van der Waals surface area contributed by atoms with Crippen LogP contribution in [0.25, 0.3) is 0 Å². The van der Waals surface area contributed by atoms with Crippen LogP contribution in [0.15, 0.2) is 24.3 Å². The van der Waals surface area contributed by atoms with E-state index in [1.54, 1.807) is 29.2 Å². The fraction of sp³-hybridized carbons (Fsp3) is 0.438. The van der Waals surface area contributed by atoms with Crippen molar-refractivity contribution in [1.29, 1.82) is 0 Å². The van der Waals surface area contributed by atoms with Gasteiger partial charge in [0.1, 0.15) is 0 Å². The largest absolute Gasteiger partial charge is 0.465 e. The highest BCUT2D eigenvalue weighted by Crippen LogP contribution is 2.11. The number of benzene rings is 1. The van der Waals surface area contributed by atoms with Gasteiger partial charge in [-0.15, -0.1) is 0 Å². The van der Waals surface area contributed by atoms with Gasteiger partial charge >= 0.3 is 5.97 Å². The number of nitrogens with zero attached hydrogens (tertiary/aromatic N) is 1. The number of nitrogens with one attached hydrogen (secondary N) is 1. The molecule has 0 unspecified atom stereocenters. The number of hydrogen-bond donors (Lipinski definition) is 1. The maximum Gasteiger partial charge on any atom is 0.337 e. The maximum atomic E-state index is 11.9. The molecule has 0 aliphatic carbocycles. The molecule has 0 saturated heterocycles. The summed E-state index contributed by atoms with van der Waals surface area (Å²) in [6.45, 7) is 5.68. The monoisotopic (exact) mass is 306 g/mol. The van der Waals surface area contributed by atoms with Crippen molar-refractivity contribution in [3.05, 3.63) is 29.8 Å². The van der Waals surface area contributed by atoms with Crippen LogP contribution in [0, 0.1) is 0 Å². The first-order valence-electron chi connectivity index (χ1n) is 7.10. The van der Waals surface area contributed by atoms with Crippen LogP contribution in [0.4, 0.5) is 5.69 Å². The van der Waals surface area contributed by atoms with Gasteiger partial charge in [0.05, 0.1) is 12.7 Å². The molecule has 0 saturated carbocycles. The highest BCUT2D eigenvalue weighted by Gasteiger charge is 2.14. The van der Waals surface area contributed by atoms with Crippen LogP contribution in [0.2, 0.25) is 0 Å². The molecule has 0 aliphatic rings. The lowest BCUT2D eigenvalue weighted by atomic mass is 10.2. The number of anilines is 1. The van der Waals surface area contributed by atoms with Crippen LogP contribution in [0.3, 0.4) is 0 Å². The van der Waals surface area contributed by atoms with Gasteiger partial charge in [-0.05, 0) is 38.1 Å².